The second kappa shape index (κ2) is 7.81. The van der Waals surface area contributed by atoms with E-state index in [9.17, 15) is 0 Å². The van der Waals surface area contributed by atoms with Crippen LogP contribution in [0.2, 0.25) is 0 Å². The summed E-state index contributed by atoms with van der Waals surface area (Å²) in [5, 5.41) is 0. The minimum atomic E-state index is 0.136. The molecule has 2 rings (SSSR count). The van der Waals surface area contributed by atoms with Crippen molar-refractivity contribution in [3.63, 3.8) is 0 Å². The van der Waals surface area contributed by atoms with E-state index in [2.05, 4.69) is 30.9 Å². The zero-order chi connectivity index (χ0) is 15.2. The second-order valence-electron chi connectivity index (χ2n) is 6.32. The molecule has 1 saturated heterocycles. The molecule has 1 aliphatic rings. The van der Waals surface area contributed by atoms with E-state index in [-0.39, 0.29) is 6.04 Å². The molecule has 1 aromatic rings. The highest BCUT2D eigenvalue weighted by molar-refractivity contribution is 5.30. The average Bonchev–Trinajstić information content (AvgIpc) is 2.73. The Morgan fingerprint density at radius 3 is 2.52 bits per heavy atom. The van der Waals surface area contributed by atoms with Gasteiger partial charge in [0, 0.05) is 12.1 Å². The van der Waals surface area contributed by atoms with Crippen LogP contribution in [0.5, 0.6) is 5.75 Å². The van der Waals surface area contributed by atoms with Crippen molar-refractivity contribution < 1.29 is 4.74 Å². The van der Waals surface area contributed by atoms with Crippen LogP contribution in [0.1, 0.15) is 51.1 Å². The summed E-state index contributed by atoms with van der Waals surface area (Å²) in [6.07, 6.45) is 5.26. The normalized spacial score (nSPS) is 23.3. The number of hydrogen-bond donors (Lipinski definition) is 1. The van der Waals surface area contributed by atoms with Gasteiger partial charge in [0.25, 0.3) is 0 Å². The van der Waals surface area contributed by atoms with Gasteiger partial charge in [-0.15, -0.1) is 0 Å². The first-order valence-corrected chi connectivity index (χ1v) is 8.29. The predicted molar refractivity (Wildman–Crippen MR) is 88.6 cm³/mol. The molecule has 1 fully saturated rings. The second-order valence-corrected chi connectivity index (χ2v) is 6.32. The van der Waals surface area contributed by atoms with Gasteiger partial charge in [-0.25, -0.2) is 0 Å². The third-order valence-corrected chi connectivity index (χ3v) is 4.81. The van der Waals surface area contributed by atoms with Crippen LogP contribution in [0.3, 0.4) is 0 Å². The molecule has 3 unspecified atom stereocenters. The van der Waals surface area contributed by atoms with Crippen LogP contribution in [-0.2, 0) is 0 Å². The van der Waals surface area contributed by atoms with E-state index in [0.717, 1.165) is 24.8 Å². The lowest BCUT2D eigenvalue weighted by Crippen LogP contribution is -2.40. The summed E-state index contributed by atoms with van der Waals surface area (Å²) in [7, 11) is 1.71. The van der Waals surface area contributed by atoms with E-state index in [1.165, 1.54) is 31.2 Å². The number of hydrogen-bond acceptors (Lipinski definition) is 3. The lowest BCUT2D eigenvalue weighted by molar-refractivity contribution is 0.180. The summed E-state index contributed by atoms with van der Waals surface area (Å²) >= 11 is 0. The smallest absolute Gasteiger partial charge is 0.118 e. The molecule has 0 aliphatic carbocycles. The summed E-state index contributed by atoms with van der Waals surface area (Å²) in [6, 6.07) is 8.85. The van der Waals surface area contributed by atoms with Gasteiger partial charge in [-0.2, -0.15) is 0 Å². The van der Waals surface area contributed by atoms with Gasteiger partial charge in [0.15, 0.2) is 0 Å². The Morgan fingerprint density at radius 1 is 1.24 bits per heavy atom. The Hall–Kier alpha value is -1.06. The molecule has 2 N–H and O–H groups in total. The highest BCUT2D eigenvalue weighted by atomic mass is 16.5. The lowest BCUT2D eigenvalue weighted by Gasteiger charge is -2.34. The third kappa shape index (κ3) is 4.21. The molecule has 21 heavy (non-hydrogen) atoms. The zero-order valence-corrected chi connectivity index (χ0v) is 13.7. The van der Waals surface area contributed by atoms with Gasteiger partial charge in [-0.3, -0.25) is 4.90 Å². The zero-order valence-electron chi connectivity index (χ0n) is 13.7. The van der Waals surface area contributed by atoms with Crippen LogP contribution in [0.25, 0.3) is 0 Å². The lowest BCUT2D eigenvalue weighted by atomic mass is 9.97. The molecule has 0 saturated carbocycles. The maximum atomic E-state index is 6.32. The fourth-order valence-electron chi connectivity index (χ4n) is 3.52. The molecule has 3 heteroatoms. The Balaban J connectivity index is 2.13. The van der Waals surface area contributed by atoms with E-state index < -0.39 is 0 Å². The van der Waals surface area contributed by atoms with Crippen LogP contribution in [-0.4, -0.2) is 31.1 Å². The van der Waals surface area contributed by atoms with Crippen molar-refractivity contribution in [2.45, 2.75) is 51.6 Å². The maximum Gasteiger partial charge on any atom is 0.118 e. The molecule has 3 nitrogen and oxygen atoms in total. The van der Waals surface area contributed by atoms with Gasteiger partial charge in [0.2, 0.25) is 0 Å². The highest BCUT2D eigenvalue weighted by Gasteiger charge is 2.26. The van der Waals surface area contributed by atoms with Gasteiger partial charge >= 0.3 is 0 Å². The number of nitrogens with two attached hydrogens (primary N) is 1. The van der Waals surface area contributed by atoms with Crippen molar-refractivity contribution in [1.29, 1.82) is 0 Å². The molecule has 1 aliphatic heterocycles. The minimum absolute atomic E-state index is 0.136. The summed E-state index contributed by atoms with van der Waals surface area (Å²) in [4.78, 5) is 2.59. The molecule has 0 bridgehead atoms. The largest absolute Gasteiger partial charge is 0.497 e. The number of ether oxygens (including phenoxy) is 1. The molecule has 0 amide bonds. The monoisotopic (exact) mass is 290 g/mol. The van der Waals surface area contributed by atoms with E-state index >= 15 is 0 Å². The van der Waals surface area contributed by atoms with Gasteiger partial charge in [0.1, 0.15) is 5.75 Å². The first-order valence-electron chi connectivity index (χ1n) is 8.29. The maximum absolute atomic E-state index is 6.32. The van der Waals surface area contributed by atoms with Crippen molar-refractivity contribution in [3.8, 4) is 5.75 Å². The summed E-state index contributed by atoms with van der Waals surface area (Å²) in [5.74, 6) is 1.80. The number of likely N-dealkylation sites (tertiary alicyclic amines) is 1. The van der Waals surface area contributed by atoms with Crippen LogP contribution in [0, 0.1) is 5.92 Å². The molecule has 1 heterocycles. The van der Waals surface area contributed by atoms with Gasteiger partial charge < -0.3 is 10.5 Å². The molecule has 118 valence electrons. The number of benzene rings is 1. The van der Waals surface area contributed by atoms with Crippen LogP contribution < -0.4 is 10.5 Å². The van der Waals surface area contributed by atoms with Crippen molar-refractivity contribution in [2.24, 2.45) is 11.7 Å². The number of nitrogens with zero attached hydrogens (tertiary/aromatic N) is 1. The molecular formula is C18H30N2O. The Labute approximate surface area is 129 Å². The molecular weight excluding hydrogens is 260 g/mol. The highest BCUT2D eigenvalue weighted by Crippen LogP contribution is 2.30. The summed E-state index contributed by atoms with van der Waals surface area (Å²) in [6.45, 7) is 6.76. The first-order chi connectivity index (χ1) is 10.2. The van der Waals surface area contributed by atoms with Crippen molar-refractivity contribution in [2.75, 3.05) is 20.2 Å². The van der Waals surface area contributed by atoms with Crippen LogP contribution in [0.15, 0.2) is 24.3 Å². The Kier molecular flexibility index (Phi) is 6.07. The molecule has 0 radical (unpaired) electrons. The number of methoxy groups -OCH3 is 1. The molecule has 3 atom stereocenters. The average molecular weight is 290 g/mol. The predicted octanol–water partition coefficient (Wildman–Crippen LogP) is 3.60. The topological polar surface area (TPSA) is 38.5 Å². The van der Waals surface area contributed by atoms with Crippen LogP contribution >= 0.6 is 0 Å². The first kappa shape index (κ1) is 16.3. The van der Waals surface area contributed by atoms with Gasteiger partial charge in [-0.05, 0) is 62.9 Å². The Morgan fingerprint density at radius 2 is 1.95 bits per heavy atom. The molecule has 1 aromatic carbocycles. The molecule has 0 spiro atoms. The van der Waals surface area contributed by atoms with E-state index in [1.807, 2.05) is 12.1 Å². The van der Waals surface area contributed by atoms with Gasteiger partial charge in [0.05, 0.1) is 7.11 Å². The fraction of sp³-hybridized carbons (Fsp3) is 0.667. The summed E-state index contributed by atoms with van der Waals surface area (Å²) < 4.78 is 5.26. The van der Waals surface area contributed by atoms with E-state index in [1.54, 1.807) is 7.11 Å². The standard InChI is InChI=1S/C18H30N2O/c1-4-15-6-5-12-20(13-11-15)18(14(2)19)16-7-9-17(21-3)10-8-16/h7-10,14-15,18H,4-6,11-13,19H2,1-3H3. The quantitative estimate of drug-likeness (QED) is 0.900. The van der Waals surface area contributed by atoms with E-state index in [0.29, 0.717) is 6.04 Å². The minimum Gasteiger partial charge on any atom is -0.497 e. The SMILES string of the molecule is CCC1CCCN(C(c2ccc(OC)cc2)C(C)N)CC1. The summed E-state index contributed by atoms with van der Waals surface area (Å²) in [5.41, 5.74) is 7.62. The molecule has 0 aromatic heterocycles. The van der Waals surface area contributed by atoms with E-state index in [4.69, 9.17) is 10.5 Å². The Bertz CT molecular complexity index is 416. The number of rotatable bonds is 5. The van der Waals surface area contributed by atoms with Crippen molar-refractivity contribution in [3.05, 3.63) is 29.8 Å². The van der Waals surface area contributed by atoms with Crippen molar-refractivity contribution >= 4 is 0 Å². The van der Waals surface area contributed by atoms with Crippen LogP contribution in [0.4, 0.5) is 0 Å². The van der Waals surface area contributed by atoms with Crippen molar-refractivity contribution in [1.82, 2.24) is 4.90 Å². The fourth-order valence-corrected chi connectivity index (χ4v) is 3.52. The van der Waals surface area contributed by atoms with Gasteiger partial charge in [-0.1, -0.05) is 25.5 Å². The third-order valence-electron chi connectivity index (χ3n) is 4.81.